The van der Waals surface area contributed by atoms with Gasteiger partial charge in [0, 0.05) is 19.6 Å². The molecule has 4 heteroatoms. The second-order valence-electron chi connectivity index (χ2n) is 5.53. The lowest BCUT2D eigenvalue weighted by atomic mass is 10.1. The first-order valence-corrected chi connectivity index (χ1v) is 7.89. The van der Waals surface area contributed by atoms with E-state index in [-0.39, 0.29) is 5.60 Å². The first-order valence-electron chi connectivity index (χ1n) is 7.10. The van der Waals surface area contributed by atoms with Crippen molar-refractivity contribution in [1.82, 2.24) is 5.32 Å². The van der Waals surface area contributed by atoms with Gasteiger partial charge in [0.2, 0.25) is 0 Å². The van der Waals surface area contributed by atoms with E-state index in [1.54, 1.807) is 7.11 Å². The molecule has 0 aliphatic carbocycles. The monoisotopic (exact) mass is 343 g/mol. The van der Waals surface area contributed by atoms with E-state index >= 15 is 0 Å². The topological polar surface area (TPSA) is 30.5 Å². The van der Waals surface area contributed by atoms with Crippen LogP contribution in [0, 0.1) is 0 Å². The zero-order valence-corrected chi connectivity index (χ0v) is 14.7. The number of nitrogens with one attached hydrogen (secondary N) is 1. The van der Waals surface area contributed by atoms with E-state index < -0.39 is 0 Å². The average molecular weight is 344 g/mol. The summed E-state index contributed by atoms with van der Waals surface area (Å²) in [5.74, 6) is 0.879. The zero-order chi connectivity index (χ0) is 15.2. The van der Waals surface area contributed by atoms with E-state index in [0.717, 1.165) is 23.2 Å². The summed E-state index contributed by atoms with van der Waals surface area (Å²) in [5, 5.41) is 3.40. The van der Waals surface area contributed by atoms with E-state index in [1.165, 1.54) is 5.56 Å². The maximum absolute atomic E-state index is 5.82. The normalized spacial score (nSPS) is 13.3. The van der Waals surface area contributed by atoms with Crippen LogP contribution in [0.1, 0.15) is 45.7 Å². The molecule has 0 amide bonds. The minimum atomic E-state index is -0.147. The Morgan fingerprint density at radius 2 is 2.05 bits per heavy atom. The number of rotatable bonds is 8. The molecule has 0 aromatic heterocycles. The van der Waals surface area contributed by atoms with Crippen LogP contribution in [0.3, 0.4) is 0 Å². The van der Waals surface area contributed by atoms with Gasteiger partial charge < -0.3 is 14.8 Å². The lowest BCUT2D eigenvalue weighted by Gasteiger charge is -2.23. The quantitative estimate of drug-likeness (QED) is 0.762. The van der Waals surface area contributed by atoms with Gasteiger partial charge in [0.1, 0.15) is 5.75 Å². The third-order valence-corrected chi connectivity index (χ3v) is 4.10. The molecule has 1 unspecified atom stereocenters. The van der Waals surface area contributed by atoms with Crippen molar-refractivity contribution < 1.29 is 9.47 Å². The Labute approximate surface area is 131 Å². The molecule has 0 aliphatic rings. The summed E-state index contributed by atoms with van der Waals surface area (Å²) in [5.41, 5.74) is 1.11. The molecule has 0 saturated carbocycles. The SMILES string of the molecule is CCNC(C)c1ccc(OCCC(C)(C)OC)c(Br)c1. The van der Waals surface area contributed by atoms with Crippen LogP contribution in [-0.2, 0) is 4.74 Å². The lowest BCUT2D eigenvalue weighted by Crippen LogP contribution is -2.25. The van der Waals surface area contributed by atoms with Crippen molar-refractivity contribution in [2.24, 2.45) is 0 Å². The van der Waals surface area contributed by atoms with E-state index in [4.69, 9.17) is 9.47 Å². The van der Waals surface area contributed by atoms with Gasteiger partial charge in [-0.15, -0.1) is 0 Å². The largest absolute Gasteiger partial charge is 0.492 e. The lowest BCUT2D eigenvalue weighted by molar-refractivity contribution is 0.00539. The van der Waals surface area contributed by atoms with Gasteiger partial charge in [-0.25, -0.2) is 0 Å². The summed E-state index contributed by atoms with van der Waals surface area (Å²) in [6.45, 7) is 10.00. The molecular formula is C16H26BrNO2. The first kappa shape index (κ1) is 17.5. The highest BCUT2D eigenvalue weighted by Gasteiger charge is 2.16. The number of benzene rings is 1. The van der Waals surface area contributed by atoms with Gasteiger partial charge in [0.15, 0.2) is 0 Å². The number of hydrogen-bond donors (Lipinski definition) is 1. The van der Waals surface area contributed by atoms with Crippen molar-refractivity contribution in [3.63, 3.8) is 0 Å². The van der Waals surface area contributed by atoms with Crippen LogP contribution < -0.4 is 10.1 Å². The number of halogens is 1. The minimum absolute atomic E-state index is 0.147. The Morgan fingerprint density at radius 3 is 2.60 bits per heavy atom. The highest BCUT2D eigenvalue weighted by atomic mass is 79.9. The van der Waals surface area contributed by atoms with Gasteiger partial charge >= 0.3 is 0 Å². The van der Waals surface area contributed by atoms with Crippen LogP contribution in [0.25, 0.3) is 0 Å². The van der Waals surface area contributed by atoms with Gasteiger partial charge in [-0.1, -0.05) is 13.0 Å². The Balaban J connectivity index is 2.60. The maximum atomic E-state index is 5.82. The molecule has 0 spiro atoms. The van der Waals surface area contributed by atoms with Crippen molar-refractivity contribution in [3.8, 4) is 5.75 Å². The van der Waals surface area contributed by atoms with Crippen molar-refractivity contribution in [2.45, 2.75) is 45.8 Å². The summed E-state index contributed by atoms with van der Waals surface area (Å²) in [6, 6.07) is 6.59. The molecule has 1 rings (SSSR count). The van der Waals surface area contributed by atoms with E-state index in [0.29, 0.717) is 12.6 Å². The van der Waals surface area contributed by atoms with Gasteiger partial charge in [0.05, 0.1) is 16.7 Å². The van der Waals surface area contributed by atoms with Crippen molar-refractivity contribution >= 4 is 15.9 Å². The molecule has 0 fully saturated rings. The average Bonchev–Trinajstić information content (AvgIpc) is 2.40. The van der Waals surface area contributed by atoms with Crippen molar-refractivity contribution in [2.75, 3.05) is 20.3 Å². The Hall–Kier alpha value is -0.580. The van der Waals surface area contributed by atoms with Gasteiger partial charge in [0.25, 0.3) is 0 Å². The smallest absolute Gasteiger partial charge is 0.133 e. The molecule has 1 aromatic carbocycles. The molecule has 0 heterocycles. The molecule has 114 valence electrons. The Bertz CT molecular complexity index is 421. The second kappa shape index (κ2) is 8.01. The molecular weight excluding hydrogens is 318 g/mol. The molecule has 1 atom stereocenters. The highest BCUT2D eigenvalue weighted by molar-refractivity contribution is 9.10. The Morgan fingerprint density at radius 1 is 1.35 bits per heavy atom. The maximum Gasteiger partial charge on any atom is 0.133 e. The fourth-order valence-electron chi connectivity index (χ4n) is 1.84. The summed E-state index contributed by atoms with van der Waals surface area (Å²) < 4.78 is 12.2. The predicted molar refractivity (Wildman–Crippen MR) is 87.4 cm³/mol. The molecule has 0 aliphatic heterocycles. The molecule has 20 heavy (non-hydrogen) atoms. The summed E-state index contributed by atoms with van der Waals surface area (Å²) >= 11 is 3.58. The highest BCUT2D eigenvalue weighted by Crippen LogP contribution is 2.29. The van der Waals surface area contributed by atoms with Crippen LogP contribution in [0.5, 0.6) is 5.75 Å². The molecule has 3 nitrogen and oxygen atoms in total. The van der Waals surface area contributed by atoms with Crippen LogP contribution >= 0.6 is 15.9 Å². The summed E-state index contributed by atoms with van der Waals surface area (Å²) in [7, 11) is 1.73. The first-order chi connectivity index (χ1) is 9.39. The molecule has 0 saturated heterocycles. The van der Waals surface area contributed by atoms with Gasteiger partial charge in [-0.2, -0.15) is 0 Å². The van der Waals surface area contributed by atoms with Crippen LogP contribution in [-0.4, -0.2) is 25.9 Å². The fraction of sp³-hybridized carbons (Fsp3) is 0.625. The predicted octanol–water partition coefficient (Wildman–Crippen LogP) is 4.31. The third kappa shape index (κ3) is 5.43. The fourth-order valence-corrected chi connectivity index (χ4v) is 2.35. The molecule has 0 radical (unpaired) electrons. The van der Waals surface area contributed by atoms with Crippen LogP contribution in [0.15, 0.2) is 22.7 Å². The van der Waals surface area contributed by atoms with E-state index in [9.17, 15) is 0 Å². The van der Waals surface area contributed by atoms with Crippen LogP contribution in [0.2, 0.25) is 0 Å². The second-order valence-corrected chi connectivity index (χ2v) is 6.39. The zero-order valence-electron chi connectivity index (χ0n) is 13.1. The van der Waals surface area contributed by atoms with Crippen molar-refractivity contribution in [1.29, 1.82) is 0 Å². The number of methoxy groups -OCH3 is 1. The summed E-state index contributed by atoms with van der Waals surface area (Å²) in [4.78, 5) is 0. The standard InChI is InChI=1S/C16H26BrNO2/c1-6-18-12(2)13-7-8-15(14(17)11-13)20-10-9-16(3,4)19-5/h7-8,11-12,18H,6,9-10H2,1-5H3. The molecule has 1 aromatic rings. The molecule has 0 bridgehead atoms. The summed E-state index contributed by atoms with van der Waals surface area (Å²) in [6.07, 6.45) is 0.853. The van der Waals surface area contributed by atoms with Crippen molar-refractivity contribution in [3.05, 3.63) is 28.2 Å². The van der Waals surface area contributed by atoms with Gasteiger partial charge in [-0.3, -0.25) is 0 Å². The number of hydrogen-bond acceptors (Lipinski definition) is 3. The van der Waals surface area contributed by atoms with E-state index in [2.05, 4.69) is 61.1 Å². The Kier molecular flexibility index (Phi) is 7.00. The van der Waals surface area contributed by atoms with Gasteiger partial charge in [-0.05, 0) is 60.9 Å². The van der Waals surface area contributed by atoms with E-state index in [1.807, 2.05) is 6.07 Å². The molecule has 1 N–H and O–H groups in total. The van der Waals surface area contributed by atoms with Crippen LogP contribution in [0.4, 0.5) is 0 Å². The third-order valence-electron chi connectivity index (χ3n) is 3.48. The number of ether oxygens (including phenoxy) is 2. The minimum Gasteiger partial charge on any atom is -0.492 e.